The zero-order valence-corrected chi connectivity index (χ0v) is 11.5. The Morgan fingerprint density at radius 2 is 1.78 bits per heavy atom. The van der Waals surface area contributed by atoms with Crippen LogP contribution in [0.3, 0.4) is 0 Å². The second kappa shape index (κ2) is 7.78. The Labute approximate surface area is 112 Å². The Bertz CT molecular complexity index is 257. The number of nitrogens with one attached hydrogen (secondary N) is 1. The summed E-state index contributed by atoms with van der Waals surface area (Å²) in [5, 5.41) is 3.70. The standard InChI is InChI=1S/C15H27N3/c1-2-9-17-13-6-15(7-14-17)16-8-5-12-18-10-3-4-11-18/h1,15-16H,3-14H2. The van der Waals surface area contributed by atoms with Crippen LogP contribution < -0.4 is 5.32 Å². The first-order valence-corrected chi connectivity index (χ1v) is 7.50. The number of piperidine rings is 1. The molecular weight excluding hydrogens is 222 g/mol. The molecule has 0 atom stereocenters. The van der Waals surface area contributed by atoms with Crippen LogP contribution in [-0.2, 0) is 0 Å². The normalized spacial score (nSPS) is 23.3. The van der Waals surface area contributed by atoms with E-state index in [0.29, 0.717) is 0 Å². The Morgan fingerprint density at radius 1 is 1.06 bits per heavy atom. The average molecular weight is 249 g/mol. The SMILES string of the molecule is C#CCN1CCC(NCCCN2CCCC2)CC1. The third kappa shape index (κ3) is 4.61. The monoisotopic (exact) mass is 249 g/mol. The van der Waals surface area contributed by atoms with Gasteiger partial charge in [0.1, 0.15) is 0 Å². The molecule has 0 amide bonds. The zero-order chi connectivity index (χ0) is 12.6. The van der Waals surface area contributed by atoms with Crippen molar-refractivity contribution in [3.8, 4) is 12.3 Å². The summed E-state index contributed by atoms with van der Waals surface area (Å²) in [6, 6.07) is 0.720. The van der Waals surface area contributed by atoms with Crippen LogP contribution in [0.5, 0.6) is 0 Å². The Balaban J connectivity index is 1.49. The molecule has 0 saturated carbocycles. The van der Waals surface area contributed by atoms with Crippen molar-refractivity contribution in [1.82, 2.24) is 15.1 Å². The zero-order valence-electron chi connectivity index (χ0n) is 11.5. The molecule has 3 nitrogen and oxygen atoms in total. The lowest BCUT2D eigenvalue weighted by Gasteiger charge is -2.31. The van der Waals surface area contributed by atoms with Crippen LogP contribution in [-0.4, -0.2) is 61.7 Å². The summed E-state index contributed by atoms with van der Waals surface area (Å²) in [5.74, 6) is 2.74. The molecule has 2 rings (SSSR count). The minimum absolute atomic E-state index is 0.720. The second-order valence-corrected chi connectivity index (χ2v) is 5.61. The molecule has 3 heteroatoms. The van der Waals surface area contributed by atoms with E-state index in [0.717, 1.165) is 25.7 Å². The Kier molecular flexibility index (Phi) is 5.99. The minimum Gasteiger partial charge on any atom is -0.314 e. The highest BCUT2D eigenvalue weighted by atomic mass is 15.1. The maximum atomic E-state index is 5.34. The van der Waals surface area contributed by atoms with Crippen molar-refractivity contribution in [3.63, 3.8) is 0 Å². The molecule has 0 aromatic rings. The van der Waals surface area contributed by atoms with Crippen LogP contribution >= 0.6 is 0 Å². The molecule has 0 spiro atoms. The summed E-state index contributed by atoms with van der Waals surface area (Å²) < 4.78 is 0. The van der Waals surface area contributed by atoms with Gasteiger partial charge in [-0.1, -0.05) is 5.92 Å². The van der Waals surface area contributed by atoms with Crippen LogP contribution in [0.25, 0.3) is 0 Å². The van der Waals surface area contributed by atoms with Crippen LogP contribution in [0, 0.1) is 12.3 Å². The van der Waals surface area contributed by atoms with E-state index in [-0.39, 0.29) is 0 Å². The van der Waals surface area contributed by atoms with Gasteiger partial charge < -0.3 is 10.2 Å². The van der Waals surface area contributed by atoms with Crippen LogP contribution in [0.15, 0.2) is 0 Å². The molecule has 0 aromatic carbocycles. The predicted octanol–water partition coefficient (Wildman–Crippen LogP) is 1.16. The lowest BCUT2D eigenvalue weighted by Crippen LogP contribution is -2.43. The van der Waals surface area contributed by atoms with Crippen LogP contribution in [0.2, 0.25) is 0 Å². The van der Waals surface area contributed by atoms with E-state index in [1.807, 2.05) is 0 Å². The lowest BCUT2D eigenvalue weighted by molar-refractivity contribution is 0.216. The van der Waals surface area contributed by atoms with Crippen molar-refractivity contribution in [2.45, 2.75) is 38.1 Å². The van der Waals surface area contributed by atoms with E-state index in [4.69, 9.17) is 6.42 Å². The lowest BCUT2D eigenvalue weighted by atomic mass is 10.1. The third-order valence-electron chi connectivity index (χ3n) is 4.19. The summed E-state index contributed by atoms with van der Waals surface area (Å²) in [6.07, 6.45) is 12.0. The summed E-state index contributed by atoms with van der Waals surface area (Å²) in [4.78, 5) is 4.97. The fraction of sp³-hybridized carbons (Fsp3) is 0.867. The van der Waals surface area contributed by atoms with Gasteiger partial charge in [-0.15, -0.1) is 6.42 Å². The topological polar surface area (TPSA) is 18.5 Å². The van der Waals surface area contributed by atoms with Crippen molar-refractivity contribution in [2.24, 2.45) is 0 Å². The summed E-state index contributed by atoms with van der Waals surface area (Å²) >= 11 is 0. The van der Waals surface area contributed by atoms with E-state index in [9.17, 15) is 0 Å². The van der Waals surface area contributed by atoms with E-state index >= 15 is 0 Å². The van der Waals surface area contributed by atoms with E-state index in [1.165, 1.54) is 58.3 Å². The van der Waals surface area contributed by atoms with Gasteiger partial charge in [-0.05, 0) is 58.3 Å². The average Bonchev–Trinajstić information content (AvgIpc) is 2.90. The fourth-order valence-electron chi connectivity index (χ4n) is 3.04. The minimum atomic E-state index is 0.720. The molecule has 2 aliphatic rings. The molecule has 1 N–H and O–H groups in total. The highest BCUT2D eigenvalue weighted by molar-refractivity contribution is 4.90. The molecule has 0 aromatic heterocycles. The molecular formula is C15H27N3. The number of terminal acetylenes is 1. The van der Waals surface area contributed by atoms with Crippen LogP contribution in [0.1, 0.15) is 32.1 Å². The molecule has 0 radical (unpaired) electrons. The van der Waals surface area contributed by atoms with Gasteiger partial charge in [-0.3, -0.25) is 4.90 Å². The molecule has 2 heterocycles. The molecule has 102 valence electrons. The van der Waals surface area contributed by atoms with E-state index in [2.05, 4.69) is 21.0 Å². The van der Waals surface area contributed by atoms with Gasteiger partial charge in [0.2, 0.25) is 0 Å². The maximum absolute atomic E-state index is 5.34. The van der Waals surface area contributed by atoms with Crippen molar-refractivity contribution in [1.29, 1.82) is 0 Å². The van der Waals surface area contributed by atoms with Crippen molar-refractivity contribution < 1.29 is 0 Å². The summed E-state index contributed by atoms with van der Waals surface area (Å²) in [5.41, 5.74) is 0. The first-order chi connectivity index (χ1) is 8.88. The van der Waals surface area contributed by atoms with Crippen LogP contribution in [0.4, 0.5) is 0 Å². The Morgan fingerprint density at radius 3 is 2.44 bits per heavy atom. The molecule has 2 saturated heterocycles. The highest BCUT2D eigenvalue weighted by Crippen LogP contribution is 2.10. The molecule has 0 unspecified atom stereocenters. The quantitative estimate of drug-likeness (QED) is 0.563. The smallest absolute Gasteiger partial charge is 0.0598 e. The second-order valence-electron chi connectivity index (χ2n) is 5.61. The van der Waals surface area contributed by atoms with Gasteiger partial charge in [-0.25, -0.2) is 0 Å². The first kappa shape index (κ1) is 13.9. The predicted molar refractivity (Wildman–Crippen MR) is 76.6 cm³/mol. The fourth-order valence-corrected chi connectivity index (χ4v) is 3.04. The van der Waals surface area contributed by atoms with Crippen molar-refractivity contribution in [3.05, 3.63) is 0 Å². The van der Waals surface area contributed by atoms with E-state index in [1.54, 1.807) is 0 Å². The van der Waals surface area contributed by atoms with Crippen molar-refractivity contribution in [2.75, 3.05) is 45.8 Å². The van der Waals surface area contributed by atoms with Gasteiger partial charge in [0.05, 0.1) is 6.54 Å². The first-order valence-electron chi connectivity index (χ1n) is 7.50. The summed E-state index contributed by atoms with van der Waals surface area (Å²) in [6.45, 7) is 8.25. The van der Waals surface area contributed by atoms with Gasteiger partial charge in [0.25, 0.3) is 0 Å². The van der Waals surface area contributed by atoms with Gasteiger partial charge in [-0.2, -0.15) is 0 Å². The molecule has 0 bridgehead atoms. The van der Waals surface area contributed by atoms with Gasteiger partial charge in [0.15, 0.2) is 0 Å². The summed E-state index contributed by atoms with van der Waals surface area (Å²) in [7, 11) is 0. The van der Waals surface area contributed by atoms with Gasteiger partial charge in [0, 0.05) is 19.1 Å². The third-order valence-corrected chi connectivity index (χ3v) is 4.19. The van der Waals surface area contributed by atoms with Gasteiger partial charge >= 0.3 is 0 Å². The molecule has 2 aliphatic heterocycles. The number of rotatable bonds is 6. The number of nitrogens with zero attached hydrogens (tertiary/aromatic N) is 2. The van der Waals surface area contributed by atoms with Crippen molar-refractivity contribution >= 4 is 0 Å². The van der Waals surface area contributed by atoms with E-state index < -0.39 is 0 Å². The number of hydrogen-bond donors (Lipinski definition) is 1. The number of hydrogen-bond acceptors (Lipinski definition) is 3. The highest BCUT2D eigenvalue weighted by Gasteiger charge is 2.17. The number of likely N-dealkylation sites (tertiary alicyclic amines) is 2. The maximum Gasteiger partial charge on any atom is 0.0598 e. The molecule has 2 fully saturated rings. The largest absolute Gasteiger partial charge is 0.314 e. The molecule has 0 aliphatic carbocycles. The Hall–Kier alpha value is -0.560. The molecule has 18 heavy (non-hydrogen) atoms.